The Balaban J connectivity index is 2.05. The van der Waals surface area contributed by atoms with Gasteiger partial charge in [-0.05, 0) is 44.2 Å². The number of thioether (sulfide) groups is 1. The molecule has 0 saturated heterocycles. The van der Waals surface area contributed by atoms with Crippen LogP contribution in [0.2, 0.25) is 0 Å². The lowest BCUT2D eigenvalue weighted by Gasteiger charge is -2.16. The largest absolute Gasteiger partial charge is 0.501 e. The van der Waals surface area contributed by atoms with Crippen LogP contribution in [-0.2, 0) is 19.4 Å². The summed E-state index contributed by atoms with van der Waals surface area (Å²) < 4.78 is 66.8. The number of methoxy groups -OCH3 is 1. The quantitative estimate of drug-likeness (QED) is 0.580. The molecular weight excluding hydrogens is 469 g/mol. The van der Waals surface area contributed by atoms with Crippen LogP contribution in [0.5, 0.6) is 5.75 Å². The molecule has 12 heteroatoms. The van der Waals surface area contributed by atoms with Gasteiger partial charge in [0.2, 0.25) is 11.8 Å². The average Bonchev–Trinajstić information content (AvgIpc) is 2.72. The molecule has 0 aliphatic rings. The molecule has 32 heavy (non-hydrogen) atoms. The number of nitrogens with one attached hydrogen (secondary N) is 2. The van der Waals surface area contributed by atoms with Gasteiger partial charge in [-0.2, -0.15) is 13.2 Å². The van der Waals surface area contributed by atoms with Crippen molar-refractivity contribution in [3.8, 4) is 5.75 Å². The molecule has 0 saturated carbocycles. The maximum absolute atomic E-state index is 12.8. The van der Waals surface area contributed by atoms with E-state index in [-0.39, 0.29) is 23.1 Å². The topological polar surface area (TPSA) is 102 Å². The van der Waals surface area contributed by atoms with Crippen LogP contribution < -0.4 is 15.4 Å². The molecule has 0 aliphatic carbocycles. The Hall–Kier alpha value is -2.73. The minimum Gasteiger partial charge on any atom is -0.495 e. The number of ether oxygens (including phenoxy) is 1. The molecule has 1 unspecified atom stereocenters. The van der Waals surface area contributed by atoms with Gasteiger partial charge in [-0.3, -0.25) is 9.59 Å². The Bertz CT molecular complexity index is 1090. The van der Waals surface area contributed by atoms with Crippen molar-refractivity contribution >= 4 is 44.8 Å². The third-order valence-corrected chi connectivity index (χ3v) is 6.84. The van der Waals surface area contributed by atoms with Gasteiger partial charge in [-0.25, -0.2) is 8.42 Å². The number of sulfone groups is 1. The smallest absolute Gasteiger partial charge is 0.495 e. The van der Waals surface area contributed by atoms with Crippen LogP contribution in [0.3, 0.4) is 0 Å². The molecule has 0 fully saturated rings. The van der Waals surface area contributed by atoms with Crippen LogP contribution >= 0.6 is 11.8 Å². The van der Waals surface area contributed by atoms with Crippen molar-refractivity contribution in [2.45, 2.75) is 29.5 Å². The highest BCUT2D eigenvalue weighted by Gasteiger charge is 2.47. The lowest BCUT2D eigenvalue weighted by atomic mass is 10.2. The molecule has 2 rings (SSSR count). The van der Waals surface area contributed by atoms with E-state index < -0.39 is 31.4 Å². The molecule has 0 bridgehead atoms. The highest BCUT2D eigenvalue weighted by Crippen LogP contribution is 2.35. The van der Waals surface area contributed by atoms with E-state index in [4.69, 9.17) is 4.74 Å². The Morgan fingerprint density at radius 3 is 2.28 bits per heavy atom. The summed E-state index contributed by atoms with van der Waals surface area (Å²) in [5, 5.41) is 4.27. The molecule has 2 aromatic carbocycles. The highest BCUT2D eigenvalue weighted by molar-refractivity contribution is 8.01. The molecule has 174 valence electrons. The SMILES string of the molecule is COc1ccc(S(=O)(=O)C(F)(F)F)cc1NC(=O)C(C)SCC(=O)Nc1ccc(C)cc1. The molecule has 0 aromatic heterocycles. The van der Waals surface area contributed by atoms with Gasteiger partial charge in [0.1, 0.15) is 5.75 Å². The third kappa shape index (κ3) is 6.39. The molecule has 1 atom stereocenters. The summed E-state index contributed by atoms with van der Waals surface area (Å²) in [4.78, 5) is 23.5. The van der Waals surface area contributed by atoms with Crippen LogP contribution in [0, 0.1) is 6.92 Å². The molecule has 7 nitrogen and oxygen atoms in total. The van der Waals surface area contributed by atoms with Gasteiger partial charge in [-0.15, -0.1) is 11.8 Å². The number of anilines is 2. The van der Waals surface area contributed by atoms with Crippen molar-refractivity contribution in [3.05, 3.63) is 48.0 Å². The van der Waals surface area contributed by atoms with E-state index in [0.717, 1.165) is 29.5 Å². The molecule has 2 aromatic rings. The van der Waals surface area contributed by atoms with E-state index in [9.17, 15) is 31.2 Å². The van der Waals surface area contributed by atoms with Gasteiger partial charge in [0, 0.05) is 5.69 Å². The van der Waals surface area contributed by atoms with Gasteiger partial charge in [-0.1, -0.05) is 17.7 Å². The molecule has 0 heterocycles. The van der Waals surface area contributed by atoms with Gasteiger partial charge in [0.25, 0.3) is 9.84 Å². The van der Waals surface area contributed by atoms with E-state index in [0.29, 0.717) is 11.8 Å². The maximum Gasteiger partial charge on any atom is 0.501 e. The van der Waals surface area contributed by atoms with E-state index in [1.165, 1.54) is 14.0 Å². The van der Waals surface area contributed by atoms with Crippen molar-refractivity contribution in [1.29, 1.82) is 0 Å². The van der Waals surface area contributed by atoms with Gasteiger partial charge in [0.15, 0.2) is 0 Å². The normalized spacial score (nSPS) is 12.7. The average molecular weight is 491 g/mol. The second-order valence-electron chi connectivity index (χ2n) is 6.67. The number of carbonyl (C=O) groups is 2. The van der Waals surface area contributed by atoms with E-state index in [2.05, 4.69) is 10.6 Å². The van der Waals surface area contributed by atoms with Crippen LogP contribution in [0.15, 0.2) is 47.4 Å². The Morgan fingerprint density at radius 2 is 1.72 bits per heavy atom. The lowest BCUT2D eigenvalue weighted by Crippen LogP contribution is -2.26. The number of benzene rings is 2. The number of amides is 2. The van der Waals surface area contributed by atoms with Gasteiger partial charge < -0.3 is 15.4 Å². The summed E-state index contributed by atoms with van der Waals surface area (Å²) in [5.41, 5.74) is -4.09. The highest BCUT2D eigenvalue weighted by atomic mass is 32.2. The van der Waals surface area contributed by atoms with Gasteiger partial charge in [0.05, 0.1) is 28.7 Å². The summed E-state index contributed by atoms with van der Waals surface area (Å²) in [6.45, 7) is 3.41. The lowest BCUT2D eigenvalue weighted by molar-refractivity contribution is -0.115. The fourth-order valence-electron chi connectivity index (χ4n) is 2.43. The first-order valence-electron chi connectivity index (χ1n) is 9.13. The van der Waals surface area contributed by atoms with Crippen molar-refractivity contribution in [2.24, 2.45) is 0 Å². The fraction of sp³-hybridized carbons (Fsp3) is 0.300. The number of hydrogen-bond donors (Lipinski definition) is 2. The predicted molar refractivity (Wildman–Crippen MR) is 117 cm³/mol. The molecule has 0 spiro atoms. The number of halogens is 3. The Morgan fingerprint density at radius 1 is 1.09 bits per heavy atom. The maximum atomic E-state index is 12.8. The van der Waals surface area contributed by atoms with Crippen molar-refractivity contribution in [3.63, 3.8) is 0 Å². The van der Waals surface area contributed by atoms with E-state index >= 15 is 0 Å². The zero-order chi connectivity index (χ0) is 24.1. The van der Waals surface area contributed by atoms with E-state index in [1.807, 2.05) is 19.1 Å². The van der Waals surface area contributed by atoms with Crippen LogP contribution in [0.25, 0.3) is 0 Å². The first-order chi connectivity index (χ1) is 14.8. The van der Waals surface area contributed by atoms with E-state index in [1.54, 1.807) is 12.1 Å². The zero-order valence-corrected chi connectivity index (χ0v) is 19.0. The number of hydrogen-bond acceptors (Lipinski definition) is 6. The van der Waals surface area contributed by atoms with Crippen molar-refractivity contribution < 1.29 is 35.9 Å². The summed E-state index contributed by atoms with van der Waals surface area (Å²) >= 11 is 0.999. The number of aryl methyl sites for hydroxylation is 1. The second kappa shape index (κ2) is 10.3. The monoisotopic (exact) mass is 490 g/mol. The second-order valence-corrected chi connectivity index (χ2v) is 9.94. The Labute approximate surface area is 187 Å². The van der Waals surface area contributed by atoms with Crippen LogP contribution in [-0.4, -0.2) is 43.9 Å². The number of rotatable bonds is 8. The summed E-state index contributed by atoms with van der Waals surface area (Å²) in [6.07, 6.45) is 0. The predicted octanol–water partition coefficient (Wildman–Crippen LogP) is 4.00. The minimum atomic E-state index is -5.60. The summed E-state index contributed by atoms with van der Waals surface area (Å²) in [5.74, 6) is -1.05. The summed E-state index contributed by atoms with van der Waals surface area (Å²) in [6, 6.07) is 9.58. The fourth-order valence-corrected chi connectivity index (χ4v) is 3.90. The third-order valence-electron chi connectivity index (χ3n) is 4.21. The first kappa shape index (κ1) is 25.5. The molecule has 2 N–H and O–H groups in total. The van der Waals surface area contributed by atoms with Gasteiger partial charge >= 0.3 is 5.51 Å². The minimum absolute atomic E-state index is 0.0196. The number of alkyl halides is 3. The molecule has 2 amide bonds. The Kier molecular flexibility index (Phi) is 8.18. The first-order valence-corrected chi connectivity index (χ1v) is 11.7. The molecular formula is C20H21F3N2O5S2. The van der Waals surface area contributed by atoms with Crippen LogP contribution in [0.4, 0.5) is 24.5 Å². The molecule has 0 aliphatic heterocycles. The standard InChI is InChI=1S/C20H21F3N2O5S2/c1-12-4-6-14(7-5-12)24-18(26)11-31-13(2)19(27)25-16-10-15(8-9-17(16)30-3)32(28,29)20(21,22)23/h4-10,13H,11H2,1-3H3,(H,24,26)(H,25,27). The summed E-state index contributed by atoms with van der Waals surface area (Å²) in [7, 11) is -4.38. The van der Waals surface area contributed by atoms with Crippen molar-refractivity contribution in [2.75, 3.05) is 23.5 Å². The molecule has 0 radical (unpaired) electrons. The van der Waals surface area contributed by atoms with Crippen molar-refractivity contribution in [1.82, 2.24) is 0 Å². The van der Waals surface area contributed by atoms with Crippen LogP contribution in [0.1, 0.15) is 12.5 Å². The zero-order valence-electron chi connectivity index (χ0n) is 17.3. The number of carbonyl (C=O) groups excluding carboxylic acids is 2.